The van der Waals surface area contributed by atoms with E-state index in [4.69, 9.17) is 0 Å². The Balaban J connectivity index is 2.11. The van der Waals surface area contributed by atoms with Gasteiger partial charge in [0.2, 0.25) is 0 Å². The predicted octanol–water partition coefficient (Wildman–Crippen LogP) is 4.81. The third kappa shape index (κ3) is 3.41. The molecule has 0 spiro atoms. The average molecular weight is 321 g/mol. The van der Waals surface area contributed by atoms with Gasteiger partial charge in [-0.15, -0.1) is 0 Å². The lowest BCUT2D eigenvalue weighted by molar-refractivity contribution is 0.159. The first-order valence-electron chi connectivity index (χ1n) is 7.58. The highest BCUT2D eigenvalue weighted by Gasteiger charge is 2.26. The second kappa shape index (κ2) is 7.36. The Kier molecular flexibility index (Phi) is 5.01. The number of benzene rings is 3. The maximum absolute atomic E-state index is 11.1. The maximum atomic E-state index is 11.1. The first kappa shape index (κ1) is 15.7. The highest BCUT2D eigenvalue weighted by atomic mass is 32.1. The van der Waals surface area contributed by atoms with Gasteiger partial charge in [0.15, 0.2) is 0 Å². The van der Waals surface area contributed by atoms with Crippen molar-refractivity contribution in [1.82, 2.24) is 0 Å². The summed E-state index contributed by atoms with van der Waals surface area (Å²) >= 11 is 4.21. The van der Waals surface area contributed by atoms with Gasteiger partial charge in [-0.3, -0.25) is 0 Å². The molecule has 0 aliphatic carbocycles. The SMILES string of the molecule is OC(c1ccccc1)C(c1ccccc1)c1ccccc1NS. The van der Waals surface area contributed by atoms with Gasteiger partial charge >= 0.3 is 0 Å². The summed E-state index contributed by atoms with van der Waals surface area (Å²) in [4.78, 5) is 0. The summed E-state index contributed by atoms with van der Waals surface area (Å²) in [5.41, 5.74) is 3.89. The predicted molar refractivity (Wildman–Crippen MR) is 98.7 cm³/mol. The first-order valence-corrected chi connectivity index (χ1v) is 8.03. The van der Waals surface area contributed by atoms with Crippen LogP contribution in [0, 0.1) is 0 Å². The van der Waals surface area contributed by atoms with Crippen LogP contribution in [0.25, 0.3) is 0 Å². The van der Waals surface area contributed by atoms with Crippen molar-refractivity contribution in [2.75, 3.05) is 4.72 Å². The minimum absolute atomic E-state index is 0.172. The minimum atomic E-state index is -0.638. The molecule has 0 fully saturated rings. The minimum Gasteiger partial charge on any atom is -0.387 e. The summed E-state index contributed by atoms with van der Waals surface area (Å²) in [6.45, 7) is 0. The van der Waals surface area contributed by atoms with Gasteiger partial charge in [-0.1, -0.05) is 91.7 Å². The molecule has 2 atom stereocenters. The van der Waals surface area contributed by atoms with Crippen LogP contribution in [0.5, 0.6) is 0 Å². The highest BCUT2D eigenvalue weighted by Crippen LogP contribution is 2.39. The second-order valence-electron chi connectivity index (χ2n) is 5.44. The van der Waals surface area contributed by atoms with Crippen LogP contribution >= 0.6 is 12.8 Å². The molecule has 0 radical (unpaired) electrons. The summed E-state index contributed by atoms with van der Waals surface area (Å²) in [5.74, 6) is -0.172. The van der Waals surface area contributed by atoms with E-state index in [0.717, 1.165) is 22.4 Å². The Hall–Kier alpha value is -2.23. The quantitative estimate of drug-likeness (QED) is 0.589. The number of hydrogen-bond acceptors (Lipinski definition) is 3. The Morgan fingerprint density at radius 2 is 1.22 bits per heavy atom. The molecular formula is C20H19NOS. The largest absolute Gasteiger partial charge is 0.387 e. The van der Waals surface area contributed by atoms with Crippen molar-refractivity contribution in [2.45, 2.75) is 12.0 Å². The number of anilines is 1. The smallest absolute Gasteiger partial charge is 0.0899 e. The molecule has 3 rings (SSSR count). The van der Waals surface area contributed by atoms with E-state index in [1.165, 1.54) is 0 Å². The fraction of sp³-hybridized carbons (Fsp3) is 0.100. The average Bonchev–Trinajstić information content (AvgIpc) is 2.64. The molecule has 3 aromatic carbocycles. The zero-order valence-electron chi connectivity index (χ0n) is 12.6. The van der Waals surface area contributed by atoms with Crippen LogP contribution in [-0.4, -0.2) is 5.11 Å². The normalized spacial score (nSPS) is 13.3. The lowest BCUT2D eigenvalue weighted by atomic mass is 9.83. The van der Waals surface area contributed by atoms with E-state index < -0.39 is 6.10 Å². The fourth-order valence-electron chi connectivity index (χ4n) is 2.90. The molecule has 0 saturated carbocycles. The van der Waals surface area contributed by atoms with Gasteiger partial charge in [0.1, 0.15) is 0 Å². The summed E-state index contributed by atoms with van der Waals surface area (Å²) in [6.07, 6.45) is -0.638. The van der Waals surface area contributed by atoms with E-state index in [2.05, 4.69) is 17.5 Å². The van der Waals surface area contributed by atoms with Crippen molar-refractivity contribution < 1.29 is 5.11 Å². The highest BCUT2D eigenvalue weighted by molar-refractivity contribution is 7.81. The zero-order chi connectivity index (χ0) is 16.1. The number of rotatable bonds is 5. The Labute approximate surface area is 142 Å². The molecule has 116 valence electrons. The van der Waals surface area contributed by atoms with E-state index in [-0.39, 0.29) is 5.92 Å². The Bertz CT molecular complexity index is 746. The maximum Gasteiger partial charge on any atom is 0.0899 e. The van der Waals surface area contributed by atoms with Gasteiger partial charge < -0.3 is 9.83 Å². The van der Waals surface area contributed by atoms with E-state index >= 15 is 0 Å². The Morgan fingerprint density at radius 1 is 0.696 bits per heavy atom. The lowest BCUT2D eigenvalue weighted by Crippen LogP contribution is -2.13. The Morgan fingerprint density at radius 3 is 1.83 bits per heavy atom. The van der Waals surface area contributed by atoms with Crippen molar-refractivity contribution in [3.8, 4) is 0 Å². The van der Waals surface area contributed by atoms with E-state index in [1.807, 2.05) is 84.9 Å². The third-order valence-corrected chi connectivity index (χ3v) is 4.27. The van der Waals surface area contributed by atoms with Gasteiger partial charge in [-0.2, -0.15) is 0 Å². The first-order chi connectivity index (χ1) is 11.3. The number of aliphatic hydroxyl groups is 1. The van der Waals surface area contributed by atoms with E-state index in [1.54, 1.807) is 0 Å². The molecule has 2 N–H and O–H groups in total. The molecule has 3 aromatic rings. The van der Waals surface area contributed by atoms with Crippen molar-refractivity contribution in [3.63, 3.8) is 0 Å². The van der Waals surface area contributed by atoms with Crippen LogP contribution in [0.3, 0.4) is 0 Å². The zero-order valence-corrected chi connectivity index (χ0v) is 13.5. The van der Waals surface area contributed by atoms with Crippen LogP contribution in [0.4, 0.5) is 5.69 Å². The van der Waals surface area contributed by atoms with Crippen LogP contribution < -0.4 is 4.72 Å². The van der Waals surface area contributed by atoms with Gasteiger partial charge in [0.25, 0.3) is 0 Å². The molecule has 0 bridgehead atoms. The summed E-state index contributed by atoms with van der Waals surface area (Å²) in [6, 6.07) is 27.8. The van der Waals surface area contributed by atoms with E-state index in [9.17, 15) is 5.11 Å². The molecule has 0 aliphatic heterocycles. The molecule has 0 aliphatic rings. The monoisotopic (exact) mass is 321 g/mol. The van der Waals surface area contributed by atoms with Gasteiger partial charge in [-0.25, -0.2) is 0 Å². The van der Waals surface area contributed by atoms with Crippen LogP contribution in [0.2, 0.25) is 0 Å². The van der Waals surface area contributed by atoms with Crippen molar-refractivity contribution >= 4 is 18.5 Å². The number of thiol groups is 1. The topological polar surface area (TPSA) is 32.3 Å². The summed E-state index contributed by atoms with van der Waals surface area (Å²) in [7, 11) is 0. The van der Waals surface area contributed by atoms with E-state index in [0.29, 0.717) is 0 Å². The van der Waals surface area contributed by atoms with Crippen LogP contribution in [-0.2, 0) is 0 Å². The molecular weight excluding hydrogens is 302 g/mol. The second-order valence-corrected chi connectivity index (χ2v) is 5.67. The molecule has 0 amide bonds. The molecule has 0 heterocycles. The van der Waals surface area contributed by atoms with Crippen molar-refractivity contribution in [2.24, 2.45) is 0 Å². The van der Waals surface area contributed by atoms with Gasteiger partial charge in [0.05, 0.1) is 6.10 Å². The third-order valence-electron chi connectivity index (χ3n) is 4.03. The molecule has 3 heteroatoms. The van der Waals surface area contributed by atoms with Crippen molar-refractivity contribution in [3.05, 3.63) is 102 Å². The summed E-state index contributed by atoms with van der Waals surface area (Å²) in [5, 5.41) is 11.1. The number of aliphatic hydroxyl groups excluding tert-OH is 1. The van der Waals surface area contributed by atoms with Crippen LogP contribution in [0.1, 0.15) is 28.7 Å². The van der Waals surface area contributed by atoms with Gasteiger partial charge in [0, 0.05) is 11.6 Å². The number of para-hydroxylation sites is 1. The molecule has 2 unspecified atom stereocenters. The molecule has 2 nitrogen and oxygen atoms in total. The summed E-state index contributed by atoms with van der Waals surface area (Å²) < 4.78 is 2.94. The van der Waals surface area contributed by atoms with Crippen LogP contribution in [0.15, 0.2) is 84.9 Å². The standard InChI is InChI=1S/C20H19NOS/c22-20(16-11-5-2-6-12-16)19(15-9-3-1-4-10-15)17-13-7-8-14-18(17)21-23/h1-14,19-23H. The molecule has 23 heavy (non-hydrogen) atoms. The number of nitrogens with one attached hydrogen (secondary N) is 1. The van der Waals surface area contributed by atoms with Crippen molar-refractivity contribution in [1.29, 1.82) is 0 Å². The number of hydrogen-bond donors (Lipinski definition) is 3. The van der Waals surface area contributed by atoms with Gasteiger partial charge in [-0.05, 0) is 22.8 Å². The molecule has 0 aromatic heterocycles. The molecule has 0 saturated heterocycles. The lowest BCUT2D eigenvalue weighted by Gasteiger charge is -2.26. The fourth-order valence-corrected chi connectivity index (χ4v) is 3.11.